The van der Waals surface area contributed by atoms with Crippen LogP contribution in [0.25, 0.3) is 0 Å². The molecular weight excluding hydrogens is 376 g/mol. The summed E-state index contributed by atoms with van der Waals surface area (Å²) in [7, 11) is 3.12. The monoisotopic (exact) mass is 402 g/mol. The number of nitrogens with one attached hydrogen (secondary N) is 1. The maximum Gasteiger partial charge on any atom is 0.251 e. The Kier molecular flexibility index (Phi) is 6.24. The van der Waals surface area contributed by atoms with Crippen molar-refractivity contribution in [2.45, 2.75) is 39.0 Å². The number of ether oxygens (including phenoxy) is 2. The number of methoxy groups -OCH3 is 2. The number of carbonyl (C=O) groups is 2. The molecule has 0 fully saturated rings. The minimum absolute atomic E-state index is 0.165. The van der Waals surface area contributed by atoms with Gasteiger partial charge < -0.3 is 20.5 Å². The molecule has 3 N–H and O–H groups in total. The maximum atomic E-state index is 12.6. The van der Waals surface area contributed by atoms with Crippen molar-refractivity contribution in [2.24, 2.45) is 11.7 Å². The topological polar surface area (TPSA) is 90.7 Å². The lowest BCUT2D eigenvalue weighted by Gasteiger charge is -2.20. The summed E-state index contributed by atoms with van der Waals surface area (Å²) >= 11 is 1.48. The second-order valence-corrected chi connectivity index (χ2v) is 8.11. The minimum Gasteiger partial charge on any atom is -0.493 e. The standard InChI is InChI=1S/C21H26N2O4S/c1-4-12-5-7-14-17(10-12)28-21(19(14)20(22)25)23-18(24)11-13-6-8-15(26-2)16(9-13)27-3/h6,8-9,12H,4-5,7,10-11H2,1-3H3,(H2,22,25)(H,23,24). The predicted molar refractivity (Wildman–Crippen MR) is 111 cm³/mol. The molecule has 1 aliphatic carbocycles. The molecule has 1 heterocycles. The first kappa shape index (κ1) is 20.2. The van der Waals surface area contributed by atoms with Gasteiger partial charge in [0.2, 0.25) is 5.91 Å². The zero-order valence-electron chi connectivity index (χ0n) is 16.5. The van der Waals surface area contributed by atoms with Crippen LogP contribution < -0.4 is 20.5 Å². The highest BCUT2D eigenvalue weighted by Crippen LogP contribution is 2.40. The van der Waals surface area contributed by atoms with Crippen molar-refractivity contribution in [3.8, 4) is 11.5 Å². The lowest BCUT2D eigenvalue weighted by atomic mass is 9.85. The molecule has 0 spiro atoms. The molecule has 150 valence electrons. The molecule has 1 aliphatic rings. The molecule has 1 aromatic heterocycles. The molecule has 0 saturated heterocycles. The van der Waals surface area contributed by atoms with Crippen LogP contribution in [0.1, 0.15) is 46.1 Å². The summed E-state index contributed by atoms with van der Waals surface area (Å²) in [5.74, 6) is 1.14. The lowest BCUT2D eigenvalue weighted by molar-refractivity contribution is -0.115. The molecule has 0 radical (unpaired) electrons. The van der Waals surface area contributed by atoms with Crippen molar-refractivity contribution in [2.75, 3.05) is 19.5 Å². The third-order valence-corrected chi connectivity index (χ3v) is 6.43. The van der Waals surface area contributed by atoms with E-state index in [1.165, 1.54) is 16.2 Å². The molecule has 1 unspecified atom stereocenters. The number of nitrogens with two attached hydrogens (primary N) is 1. The largest absolute Gasteiger partial charge is 0.493 e. The number of benzene rings is 1. The van der Waals surface area contributed by atoms with E-state index >= 15 is 0 Å². The Morgan fingerprint density at radius 1 is 1.25 bits per heavy atom. The fourth-order valence-electron chi connectivity index (χ4n) is 3.70. The summed E-state index contributed by atoms with van der Waals surface area (Å²) in [6.07, 6.45) is 4.12. The van der Waals surface area contributed by atoms with Crippen molar-refractivity contribution >= 4 is 28.2 Å². The smallest absolute Gasteiger partial charge is 0.251 e. The van der Waals surface area contributed by atoms with Crippen LogP contribution >= 0.6 is 11.3 Å². The average Bonchev–Trinajstić information content (AvgIpc) is 3.04. The van der Waals surface area contributed by atoms with Gasteiger partial charge in [-0.15, -0.1) is 11.3 Å². The van der Waals surface area contributed by atoms with Gasteiger partial charge in [-0.2, -0.15) is 0 Å². The van der Waals surface area contributed by atoms with Crippen LogP contribution in [-0.2, 0) is 24.1 Å². The van der Waals surface area contributed by atoms with Crippen molar-refractivity contribution in [1.29, 1.82) is 0 Å². The van der Waals surface area contributed by atoms with Gasteiger partial charge >= 0.3 is 0 Å². The number of rotatable bonds is 7. The van der Waals surface area contributed by atoms with Gasteiger partial charge in [-0.1, -0.05) is 19.4 Å². The van der Waals surface area contributed by atoms with E-state index in [4.69, 9.17) is 15.2 Å². The predicted octanol–water partition coefficient (Wildman–Crippen LogP) is 3.56. The molecule has 0 bridgehead atoms. The summed E-state index contributed by atoms with van der Waals surface area (Å²) in [4.78, 5) is 25.8. The van der Waals surface area contributed by atoms with Crippen molar-refractivity contribution < 1.29 is 19.1 Å². The van der Waals surface area contributed by atoms with Gasteiger partial charge in [0.05, 0.1) is 26.2 Å². The fourth-order valence-corrected chi connectivity index (χ4v) is 5.08. The number of hydrogen-bond donors (Lipinski definition) is 2. The Morgan fingerprint density at radius 3 is 2.64 bits per heavy atom. The molecule has 3 rings (SSSR count). The summed E-state index contributed by atoms with van der Waals surface area (Å²) in [5, 5.41) is 3.47. The van der Waals surface area contributed by atoms with Gasteiger partial charge in [0.1, 0.15) is 5.00 Å². The van der Waals surface area contributed by atoms with Crippen LogP contribution in [0.15, 0.2) is 18.2 Å². The second-order valence-electron chi connectivity index (χ2n) is 7.00. The highest BCUT2D eigenvalue weighted by Gasteiger charge is 2.28. The molecular formula is C21H26N2O4S. The van der Waals surface area contributed by atoms with E-state index < -0.39 is 5.91 Å². The summed E-state index contributed by atoms with van der Waals surface area (Å²) in [6, 6.07) is 5.37. The van der Waals surface area contributed by atoms with E-state index in [1.807, 2.05) is 6.07 Å². The third-order valence-electron chi connectivity index (χ3n) is 5.26. The average molecular weight is 403 g/mol. The van der Waals surface area contributed by atoms with E-state index in [1.54, 1.807) is 26.4 Å². The number of amides is 2. The first-order chi connectivity index (χ1) is 13.5. The maximum absolute atomic E-state index is 12.6. The van der Waals surface area contributed by atoms with E-state index in [0.717, 1.165) is 36.8 Å². The van der Waals surface area contributed by atoms with Crippen LogP contribution in [-0.4, -0.2) is 26.0 Å². The molecule has 1 aromatic carbocycles. The molecule has 1 atom stereocenters. The van der Waals surface area contributed by atoms with Gasteiger partial charge in [0.25, 0.3) is 5.91 Å². The van der Waals surface area contributed by atoms with E-state index in [9.17, 15) is 9.59 Å². The molecule has 6 nitrogen and oxygen atoms in total. The first-order valence-corrected chi connectivity index (χ1v) is 10.2. The van der Waals surface area contributed by atoms with Gasteiger partial charge in [-0.3, -0.25) is 9.59 Å². The zero-order valence-corrected chi connectivity index (χ0v) is 17.3. The lowest BCUT2D eigenvalue weighted by Crippen LogP contribution is -2.20. The highest BCUT2D eigenvalue weighted by molar-refractivity contribution is 7.17. The normalized spacial score (nSPS) is 15.6. The molecule has 2 amide bonds. The Hall–Kier alpha value is -2.54. The molecule has 28 heavy (non-hydrogen) atoms. The molecule has 0 saturated carbocycles. The SMILES string of the molecule is CCC1CCc2c(sc(NC(=O)Cc3ccc(OC)c(OC)c3)c2C(N)=O)C1. The van der Waals surface area contributed by atoms with E-state index in [-0.39, 0.29) is 12.3 Å². The quantitative estimate of drug-likeness (QED) is 0.741. The van der Waals surface area contributed by atoms with E-state index in [0.29, 0.717) is 28.0 Å². The van der Waals surface area contributed by atoms with Crippen LogP contribution in [0.5, 0.6) is 11.5 Å². The van der Waals surface area contributed by atoms with Gasteiger partial charge in [0, 0.05) is 4.88 Å². The number of anilines is 1. The molecule has 7 heteroatoms. The van der Waals surface area contributed by atoms with Gasteiger partial charge in [0.15, 0.2) is 11.5 Å². The number of fused-ring (bicyclic) bond motifs is 1. The number of carbonyl (C=O) groups excluding carboxylic acids is 2. The molecule has 0 aliphatic heterocycles. The Labute approximate surface area is 169 Å². The highest BCUT2D eigenvalue weighted by atomic mass is 32.1. The Morgan fingerprint density at radius 2 is 2.00 bits per heavy atom. The number of primary amides is 1. The Bertz CT molecular complexity index is 891. The second kappa shape index (κ2) is 8.65. The third kappa shape index (κ3) is 4.14. The van der Waals surface area contributed by atoms with Gasteiger partial charge in [-0.25, -0.2) is 0 Å². The van der Waals surface area contributed by atoms with Crippen LogP contribution in [0.2, 0.25) is 0 Å². The number of hydrogen-bond acceptors (Lipinski definition) is 5. The summed E-state index contributed by atoms with van der Waals surface area (Å²) in [5.41, 5.74) is 7.93. The minimum atomic E-state index is -0.478. The summed E-state index contributed by atoms with van der Waals surface area (Å²) < 4.78 is 10.5. The van der Waals surface area contributed by atoms with E-state index in [2.05, 4.69) is 12.2 Å². The van der Waals surface area contributed by atoms with Gasteiger partial charge in [-0.05, 0) is 48.4 Å². The van der Waals surface area contributed by atoms with Crippen LogP contribution in [0.4, 0.5) is 5.00 Å². The van der Waals surface area contributed by atoms with Crippen molar-refractivity contribution in [1.82, 2.24) is 0 Å². The van der Waals surface area contributed by atoms with Crippen molar-refractivity contribution in [3.63, 3.8) is 0 Å². The first-order valence-electron chi connectivity index (χ1n) is 9.41. The van der Waals surface area contributed by atoms with Crippen molar-refractivity contribution in [3.05, 3.63) is 39.8 Å². The number of thiophene rings is 1. The van der Waals surface area contributed by atoms with Crippen LogP contribution in [0, 0.1) is 5.92 Å². The zero-order chi connectivity index (χ0) is 20.3. The summed E-state index contributed by atoms with van der Waals surface area (Å²) in [6.45, 7) is 2.18. The Balaban J connectivity index is 1.79. The fraction of sp³-hybridized carbons (Fsp3) is 0.429. The van der Waals surface area contributed by atoms with Crippen LogP contribution in [0.3, 0.4) is 0 Å². The molecule has 2 aromatic rings.